The van der Waals surface area contributed by atoms with E-state index in [0.29, 0.717) is 13.2 Å². The molecule has 0 aliphatic heterocycles. The lowest BCUT2D eigenvalue weighted by molar-refractivity contribution is 0.297. The van der Waals surface area contributed by atoms with Gasteiger partial charge in [-0.1, -0.05) is 0 Å². The van der Waals surface area contributed by atoms with Gasteiger partial charge in [0.2, 0.25) is 0 Å². The molecular weight excluding hydrogens is 268 g/mol. The molecule has 0 aliphatic rings. The molecule has 0 radical (unpaired) electrons. The van der Waals surface area contributed by atoms with E-state index in [4.69, 9.17) is 4.74 Å². The van der Waals surface area contributed by atoms with Crippen molar-refractivity contribution in [1.82, 2.24) is 5.32 Å². The van der Waals surface area contributed by atoms with Crippen molar-refractivity contribution in [2.75, 3.05) is 13.2 Å². The molecule has 102 valence electrons. The maximum atomic E-state index is 13.2. The van der Waals surface area contributed by atoms with Crippen molar-refractivity contribution in [1.29, 1.82) is 0 Å². The second-order valence-corrected chi connectivity index (χ2v) is 5.48. The number of rotatable bonds is 6. The second kappa shape index (κ2) is 6.63. The molecule has 2 rings (SSSR count). The Labute approximate surface area is 115 Å². The van der Waals surface area contributed by atoms with E-state index in [1.807, 2.05) is 0 Å². The largest absolute Gasteiger partial charge is 0.489 e. The van der Waals surface area contributed by atoms with Crippen LogP contribution in [0.5, 0.6) is 5.75 Å². The molecule has 0 saturated carbocycles. The maximum absolute atomic E-state index is 13.2. The van der Waals surface area contributed by atoms with Gasteiger partial charge < -0.3 is 10.1 Å². The quantitative estimate of drug-likeness (QED) is 0.819. The number of hydrogen-bond donors (Lipinski definition) is 1. The zero-order valence-corrected chi connectivity index (χ0v) is 11.4. The third-order valence-electron chi connectivity index (χ3n) is 2.53. The smallest absolute Gasteiger partial charge is 0.167 e. The van der Waals surface area contributed by atoms with Crippen LogP contribution in [-0.2, 0) is 6.54 Å². The summed E-state index contributed by atoms with van der Waals surface area (Å²) < 4.78 is 31.2. The maximum Gasteiger partial charge on any atom is 0.167 e. The number of aryl methyl sites for hydroxylation is 1. The molecule has 0 fully saturated rings. The van der Waals surface area contributed by atoms with E-state index in [9.17, 15) is 8.78 Å². The summed E-state index contributed by atoms with van der Waals surface area (Å²) in [6, 6.07) is 7.45. The van der Waals surface area contributed by atoms with Gasteiger partial charge in [0.05, 0.1) is 0 Å². The van der Waals surface area contributed by atoms with Crippen LogP contribution in [0.4, 0.5) is 8.78 Å². The van der Waals surface area contributed by atoms with Gasteiger partial charge in [-0.15, -0.1) is 11.3 Å². The van der Waals surface area contributed by atoms with Crippen molar-refractivity contribution in [3.63, 3.8) is 0 Å². The molecule has 0 aliphatic carbocycles. The predicted molar refractivity (Wildman–Crippen MR) is 72.6 cm³/mol. The summed E-state index contributed by atoms with van der Waals surface area (Å²) in [5, 5.41) is 3.20. The van der Waals surface area contributed by atoms with Gasteiger partial charge >= 0.3 is 0 Å². The highest BCUT2D eigenvalue weighted by atomic mass is 32.1. The first-order valence-corrected chi connectivity index (χ1v) is 6.80. The molecule has 0 atom stereocenters. The van der Waals surface area contributed by atoms with Crippen LogP contribution < -0.4 is 10.1 Å². The zero-order valence-electron chi connectivity index (χ0n) is 10.6. The van der Waals surface area contributed by atoms with E-state index in [2.05, 4.69) is 24.4 Å². The van der Waals surface area contributed by atoms with E-state index in [-0.39, 0.29) is 5.75 Å². The van der Waals surface area contributed by atoms with Crippen LogP contribution in [0.2, 0.25) is 0 Å². The topological polar surface area (TPSA) is 21.3 Å². The first-order valence-electron chi connectivity index (χ1n) is 5.99. The van der Waals surface area contributed by atoms with Crippen molar-refractivity contribution < 1.29 is 13.5 Å². The Morgan fingerprint density at radius 3 is 2.74 bits per heavy atom. The molecule has 0 saturated heterocycles. The monoisotopic (exact) mass is 283 g/mol. The Balaban J connectivity index is 1.69. The first kappa shape index (κ1) is 14.0. The molecule has 0 spiro atoms. The van der Waals surface area contributed by atoms with Crippen LogP contribution in [0.15, 0.2) is 30.3 Å². The molecule has 1 heterocycles. The SMILES string of the molecule is Cc1ccc(CNCCOc2ccc(F)cc2F)s1. The fourth-order valence-corrected chi connectivity index (χ4v) is 2.48. The second-order valence-electron chi connectivity index (χ2n) is 4.11. The molecule has 1 aromatic carbocycles. The Hall–Kier alpha value is -1.46. The van der Waals surface area contributed by atoms with Gasteiger partial charge in [-0.05, 0) is 31.2 Å². The van der Waals surface area contributed by atoms with Crippen LogP contribution >= 0.6 is 11.3 Å². The number of hydrogen-bond acceptors (Lipinski definition) is 3. The van der Waals surface area contributed by atoms with E-state index in [1.54, 1.807) is 11.3 Å². The minimum absolute atomic E-state index is 0.0789. The van der Waals surface area contributed by atoms with Crippen LogP contribution in [0, 0.1) is 18.6 Å². The molecule has 0 bridgehead atoms. The molecule has 1 aromatic heterocycles. The molecule has 2 nitrogen and oxygen atoms in total. The predicted octanol–water partition coefficient (Wildman–Crippen LogP) is 3.50. The third-order valence-corrected chi connectivity index (χ3v) is 3.53. The third kappa shape index (κ3) is 4.29. The van der Waals surface area contributed by atoms with Crippen molar-refractivity contribution in [3.05, 3.63) is 51.7 Å². The lowest BCUT2D eigenvalue weighted by Gasteiger charge is -2.07. The van der Waals surface area contributed by atoms with E-state index < -0.39 is 11.6 Å². The van der Waals surface area contributed by atoms with Crippen molar-refractivity contribution in [3.8, 4) is 5.75 Å². The molecule has 2 aromatic rings. The minimum atomic E-state index is -0.672. The van der Waals surface area contributed by atoms with Crippen LogP contribution in [0.1, 0.15) is 9.75 Å². The molecular formula is C14H15F2NOS. The number of thiophene rings is 1. The average Bonchev–Trinajstić information content (AvgIpc) is 2.77. The first-order chi connectivity index (χ1) is 9.15. The summed E-state index contributed by atoms with van der Waals surface area (Å²) in [7, 11) is 0. The van der Waals surface area contributed by atoms with Gasteiger partial charge in [-0.2, -0.15) is 0 Å². The highest BCUT2D eigenvalue weighted by Crippen LogP contribution is 2.17. The minimum Gasteiger partial charge on any atom is -0.489 e. The Kier molecular flexibility index (Phi) is 4.87. The standard InChI is InChI=1S/C14H15F2NOS/c1-10-2-4-12(19-10)9-17-6-7-18-14-5-3-11(15)8-13(14)16/h2-5,8,17H,6-7,9H2,1H3. The van der Waals surface area contributed by atoms with Crippen molar-refractivity contribution in [2.45, 2.75) is 13.5 Å². The van der Waals surface area contributed by atoms with Crippen molar-refractivity contribution >= 4 is 11.3 Å². The van der Waals surface area contributed by atoms with Gasteiger partial charge in [-0.25, -0.2) is 8.78 Å². The Morgan fingerprint density at radius 2 is 2.05 bits per heavy atom. The lowest BCUT2D eigenvalue weighted by Crippen LogP contribution is -2.20. The summed E-state index contributed by atoms with van der Waals surface area (Å²) >= 11 is 1.74. The fraction of sp³-hybridized carbons (Fsp3) is 0.286. The molecule has 0 unspecified atom stereocenters. The van der Waals surface area contributed by atoms with Crippen LogP contribution in [0.3, 0.4) is 0 Å². The summed E-state index contributed by atoms with van der Waals surface area (Å²) in [4.78, 5) is 2.53. The van der Waals surface area contributed by atoms with Crippen LogP contribution in [0.25, 0.3) is 0 Å². The van der Waals surface area contributed by atoms with Crippen LogP contribution in [-0.4, -0.2) is 13.2 Å². The fourth-order valence-electron chi connectivity index (χ4n) is 1.62. The van der Waals surface area contributed by atoms with Gasteiger partial charge in [0, 0.05) is 28.9 Å². The number of halogens is 2. The molecule has 5 heteroatoms. The molecule has 0 amide bonds. The summed E-state index contributed by atoms with van der Waals surface area (Å²) in [6.07, 6.45) is 0. The summed E-state index contributed by atoms with van der Waals surface area (Å²) in [5.41, 5.74) is 0. The highest BCUT2D eigenvalue weighted by Gasteiger charge is 2.04. The molecule has 19 heavy (non-hydrogen) atoms. The number of benzene rings is 1. The normalized spacial score (nSPS) is 10.7. The molecule has 1 N–H and O–H groups in total. The van der Waals surface area contributed by atoms with Gasteiger partial charge in [-0.3, -0.25) is 0 Å². The number of ether oxygens (including phenoxy) is 1. The van der Waals surface area contributed by atoms with E-state index in [0.717, 1.165) is 12.6 Å². The van der Waals surface area contributed by atoms with Gasteiger partial charge in [0.1, 0.15) is 12.4 Å². The summed E-state index contributed by atoms with van der Waals surface area (Å²) in [6.45, 7) is 3.78. The average molecular weight is 283 g/mol. The lowest BCUT2D eigenvalue weighted by atomic mass is 10.3. The Morgan fingerprint density at radius 1 is 1.21 bits per heavy atom. The Bertz CT molecular complexity index is 542. The van der Waals surface area contributed by atoms with Gasteiger partial charge in [0.15, 0.2) is 11.6 Å². The van der Waals surface area contributed by atoms with E-state index >= 15 is 0 Å². The highest BCUT2D eigenvalue weighted by molar-refractivity contribution is 7.11. The van der Waals surface area contributed by atoms with Crippen molar-refractivity contribution in [2.24, 2.45) is 0 Å². The van der Waals surface area contributed by atoms with E-state index in [1.165, 1.54) is 21.9 Å². The zero-order chi connectivity index (χ0) is 13.7. The number of nitrogens with one attached hydrogen (secondary N) is 1. The van der Waals surface area contributed by atoms with Gasteiger partial charge in [0.25, 0.3) is 0 Å². The summed E-state index contributed by atoms with van der Waals surface area (Å²) in [5.74, 6) is -1.19.